The third kappa shape index (κ3) is 3.38. The van der Waals surface area contributed by atoms with E-state index in [0.29, 0.717) is 19.3 Å². The molecule has 2 aliphatic rings. The Morgan fingerprint density at radius 2 is 1.92 bits per heavy atom. The molecule has 0 aromatic heterocycles. The molecule has 1 heterocycles. The molecule has 7 nitrogen and oxygen atoms in total. The lowest BCUT2D eigenvalue weighted by atomic mass is 9.98. The second-order valence-corrected chi connectivity index (χ2v) is 6.91. The molecule has 140 valence electrons. The zero-order valence-electron chi connectivity index (χ0n) is 15.2. The highest BCUT2D eigenvalue weighted by molar-refractivity contribution is 6.09. The number of hydrogen-bond acceptors (Lipinski definition) is 4. The number of urea groups is 1. The molecule has 2 fully saturated rings. The molecule has 3 rings (SSSR count). The first kappa shape index (κ1) is 18.2. The Kier molecular flexibility index (Phi) is 5.15. The number of benzene rings is 1. The number of carbonyl (C=O) groups is 3. The maximum absolute atomic E-state index is 12.6. The van der Waals surface area contributed by atoms with Crippen LogP contribution >= 0.6 is 0 Å². The smallest absolute Gasteiger partial charge is 0.325 e. The summed E-state index contributed by atoms with van der Waals surface area (Å²) in [6.07, 6.45) is 3.84. The number of imide groups is 1. The Morgan fingerprint density at radius 1 is 1.27 bits per heavy atom. The van der Waals surface area contributed by atoms with Gasteiger partial charge in [-0.2, -0.15) is 0 Å². The highest BCUT2D eigenvalue weighted by atomic mass is 16.5. The zero-order valence-corrected chi connectivity index (χ0v) is 15.2. The van der Waals surface area contributed by atoms with Crippen molar-refractivity contribution in [3.8, 4) is 5.75 Å². The number of amides is 4. The SMILES string of the molecule is CC[C@@H](NC(=O)CN1C(=O)NC2(CCCC2)C1=O)c1ccc(OC)cc1. The Labute approximate surface area is 153 Å². The van der Waals surface area contributed by atoms with E-state index >= 15 is 0 Å². The first-order valence-corrected chi connectivity index (χ1v) is 9.06. The standard InChI is InChI=1S/C19H25N3O4/c1-3-15(13-6-8-14(26-2)9-7-13)20-16(23)12-22-17(24)19(21-18(22)25)10-4-5-11-19/h6-9,15H,3-5,10-12H2,1-2H3,(H,20,23)(H,21,25)/t15-/m1/s1. The van der Waals surface area contributed by atoms with Crippen LogP contribution in [0.4, 0.5) is 4.79 Å². The van der Waals surface area contributed by atoms with Gasteiger partial charge in [0.05, 0.1) is 13.2 Å². The number of nitrogens with zero attached hydrogens (tertiary/aromatic N) is 1. The van der Waals surface area contributed by atoms with E-state index in [0.717, 1.165) is 29.1 Å². The fourth-order valence-electron chi connectivity index (χ4n) is 3.78. The van der Waals surface area contributed by atoms with E-state index in [1.807, 2.05) is 31.2 Å². The average molecular weight is 359 g/mol. The molecule has 2 N–H and O–H groups in total. The second-order valence-electron chi connectivity index (χ2n) is 6.91. The predicted molar refractivity (Wildman–Crippen MR) is 95.6 cm³/mol. The molecule has 1 aliphatic carbocycles. The third-order valence-electron chi connectivity index (χ3n) is 5.27. The van der Waals surface area contributed by atoms with Gasteiger partial charge in [-0.25, -0.2) is 4.79 Å². The van der Waals surface area contributed by atoms with Crippen molar-refractivity contribution in [1.29, 1.82) is 0 Å². The van der Waals surface area contributed by atoms with Crippen molar-refractivity contribution in [2.45, 2.75) is 50.6 Å². The van der Waals surface area contributed by atoms with Crippen LogP contribution < -0.4 is 15.4 Å². The normalized spacial score (nSPS) is 19.5. The molecule has 0 unspecified atom stereocenters. The van der Waals surface area contributed by atoms with E-state index in [2.05, 4.69) is 10.6 Å². The molecule has 0 bridgehead atoms. The molecule has 1 atom stereocenters. The molecule has 1 spiro atoms. The van der Waals surface area contributed by atoms with Gasteiger partial charge in [0, 0.05) is 0 Å². The molecule has 0 radical (unpaired) electrons. The Bertz CT molecular complexity index is 695. The van der Waals surface area contributed by atoms with Gasteiger partial charge in [0.15, 0.2) is 0 Å². The minimum absolute atomic E-state index is 0.186. The Hall–Kier alpha value is -2.57. The largest absolute Gasteiger partial charge is 0.497 e. The molecule has 1 aromatic rings. The van der Waals surface area contributed by atoms with Gasteiger partial charge in [0.2, 0.25) is 5.91 Å². The number of hydrogen-bond donors (Lipinski definition) is 2. The monoisotopic (exact) mass is 359 g/mol. The minimum Gasteiger partial charge on any atom is -0.497 e. The van der Waals surface area contributed by atoms with Crippen LogP contribution in [0.15, 0.2) is 24.3 Å². The van der Waals surface area contributed by atoms with E-state index in [1.165, 1.54) is 0 Å². The number of rotatable bonds is 6. The van der Waals surface area contributed by atoms with Gasteiger partial charge in [0.25, 0.3) is 5.91 Å². The lowest BCUT2D eigenvalue weighted by molar-refractivity contribution is -0.135. The van der Waals surface area contributed by atoms with Crippen LogP contribution in [0.2, 0.25) is 0 Å². The summed E-state index contributed by atoms with van der Waals surface area (Å²) in [7, 11) is 1.60. The van der Waals surface area contributed by atoms with Crippen LogP contribution in [-0.4, -0.2) is 41.9 Å². The number of nitrogens with one attached hydrogen (secondary N) is 2. The van der Waals surface area contributed by atoms with Crippen LogP contribution in [0.1, 0.15) is 50.6 Å². The molecule has 7 heteroatoms. The summed E-state index contributed by atoms with van der Waals surface area (Å²) in [6, 6.07) is 6.82. The lowest BCUT2D eigenvalue weighted by Gasteiger charge is -2.21. The van der Waals surface area contributed by atoms with E-state index in [4.69, 9.17) is 4.74 Å². The summed E-state index contributed by atoms with van der Waals surface area (Å²) < 4.78 is 5.15. The zero-order chi connectivity index (χ0) is 18.7. The molecular formula is C19H25N3O4. The fraction of sp³-hybridized carbons (Fsp3) is 0.526. The molecule has 4 amide bonds. The summed E-state index contributed by atoms with van der Waals surface area (Å²) in [6.45, 7) is 1.72. The van der Waals surface area contributed by atoms with Gasteiger partial charge in [-0.3, -0.25) is 14.5 Å². The van der Waals surface area contributed by atoms with Crippen LogP contribution in [-0.2, 0) is 9.59 Å². The Balaban J connectivity index is 1.63. The highest BCUT2D eigenvalue weighted by Crippen LogP contribution is 2.34. The van der Waals surface area contributed by atoms with Gasteiger partial charge in [-0.15, -0.1) is 0 Å². The number of ether oxygens (including phenoxy) is 1. The number of carbonyl (C=O) groups excluding carboxylic acids is 3. The molecule has 1 aliphatic heterocycles. The van der Waals surface area contributed by atoms with Crippen molar-refractivity contribution < 1.29 is 19.1 Å². The fourth-order valence-corrected chi connectivity index (χ4v) is 3.78. The third-order valence-corrected chi connectivity index (χ3v) is 5.27. The maximum atomic E-state index is 12.6. The van der Waals surface area contributed by atoms with Crippen molar-refractivity contribution in [3.05, 3.63) is 29.8 Å². The molecule has 1 saturated heterocycles. The first-order valence-electron chi connectivity index (χ1n) is 9.06. The van der Waals surface area contributed by atoms with E-state index in [-0.39, 0.29) is 24.4 Å². The van der Waals surface area contributed by atoms with Crippen molar-refractivity contribution >= 4 is 17.8 Å². The van der Waals surface area contributed by atoms with Gasteiger partial charge in [-0.1, -0.05) is 31.9 Å². The highest BCUT2D eigenvalue weighted by Gasteiger charge is 2.52. The van der Waals surface area contributed by atoms with E-state index in [9.17, 15) is 14.4 Å². The molecule has 1 aromatic carbocycles. The summed E-state index contributed by atoms with van der Waals surface area (Å²) >= 11 is 0. The van der Waals surface area contributed by atoms with Crippen LogP contribution in [0, 0.1) is 0 Å². The minimum atomic E-state index is -0.780. The number of methoxy groups -OCH3 is 1. The van der Waals surface area contributed by atoms with Crippen molar-refractivity contribution in [1.82, 2.24) is 15.5 Å². The van der Waals surface area contributed by atoms with Crippen LogP contribution in [0.3, 0.4) is 0 Å². The average Bonchev–Trinajstić information content (AvgIpc) is 3.21. The van der Waals surface area contributed by atoms with E-state index in [1.54, 1.807) is 7.11 Å². The first-order chi connectivity index (χ1) is 12.5. The molecule has 26 heavy (non-hydrogen) atoms. The second kappa shape index (κ2) is 7.35. The van der Waals surface area contributed by atoms with Crippen LogP contribution in [0.5, 0.6) is 5.75 Å². The topological polar surface area (TPSA) is 87.7 Å². The van der Waals surface area contributed by atoms with Gasteiger partial charge >= 0.3 is 6.03 Å². The summed E-state index contributed by atoms with van der Waals surface area (Å²) in [5.74, 6) is 0.134. The van der Waals surface area contributed by atoms with Crippen molar-refractivity contribution in [2.24, 2.45) is 0 Å². The predicted octanol–water partition coefficient (Wildman–Crippen LogP) is 2.13. The summed E-state index contributed by atoms with van der Waals surface area (Å²) in [4.78, 5) is 38.3. The maximum Gasteiger partial charge on any atom is 0.325 e. The van der Waals surface area contributed by atoms with Gasteiger partial charge in [-0.05, 0) is 37.0 Å². The van der Waals surface area contributed by atoms with E-state index < -0.39 is 11.6 Å². The van der Waals surface area contributed by atoms with Crippen molar-refractivity contribution in [2.75, 3.05) is 13.7 Å². The molecular weight excluding hydrogens is 334 g/mol. The summed E-state index contributed by atoms with van der Waals surface area (Å²) in [5.41, 5.74) is 0.170. The van der Waals surface area contributed by atoms with Crippen LogP contribution in [0.25, 0.3) is 0 Å². The quantitative estimate of drug-likeness (QED) is 0.762. The van der Waals surface area contributed by atoms with Crippen molar-refractivity contribution in [3.63, 3.8) is 0 Å². The lowest BCUT2D eigenvalue weighted by Crippen LogP contribution is -2.45. The van der Waals surface area contributed by atoms with Gasteiger partial charge < -0.3 is 15.4 Å². The van der Waals surface area contributed by atoms with Gasteiger partial charge in [0.1, 0.15) is 17.8 Å². The Morgan fingerprint density at radius 3 is 2.50 bits per heavy atom. The molecule has 1 saturated carbocycles. The summed E-state index contributed by atoms with van der Waals surface area (Å²) in [5, 5.41) is 5.70.